The zero-order valence-corrected chi connectivity index (χ0v) is 22.9. The van der Waals surface area contributed by atoms with Crippen LogP contribution in [0.5, 0.6) is 5.75 Å². The summed E-state index contributed by atoms with van der Waals surface area (Å²) in [5.74, 6) is -0.286. The molecular weight excluding hydrogens is 500 g/mol. The molecule has 0 spiro atoms. The number of carboxylic acids is 1. The number of carbonyl (C=O) groups excluding carboxylic acids is 2. The number of benzene rings is 2. The standard InChI is InChI=1S/C29H36N4O6/c1-17(2)12-23(25-16-30-27(39-25)13-19(4)28(35)36)31-26(34)15-20-10-11-22(24(14-20)38-5)33-29(37)32-21-9-7-6-8-18(21)3/h6-11,14,16-17,19,23H,12-13,15H2,1-5H3,(H,31,34)(H,35,36)(H2,32,33,37). The average Bonchev–Trinajstić information content (AvgIpc) is 3.34. The van der Waals surface area contributed by atoms with Gasteiger partial charge >= 0.3 is 12.0 Å². The molecule has 2 atom stereocenters. The molecule has 2 unspecified atom stereocenters. The van der Waals surface area contributed by atoms with Gasteiger partial charge in [-0.2, -0.15) is 0 Å². The lowest BCUT2D eigenvalue weighted by molar-refractivity contribution is -0.141. The van der Waals surface area contributed by atoms with Gasteiger partial charge in [-0.15, -0.1) is 0 Å². The van der Waals surface area contributed by atoms with E-state index in [4.69, 9.17) is 14.3 Å². The summed E-state index contributed by atoms with van der Waals surface area (Å²) in [4.78, 5) is 40.9. The number of carboxylic acid groups (broad SMARTS) is 1. The van der Waals surface area contributed by atoms with Crippen LogP contribution >= 0.6 is 0 Å². The summed E-state index contributed by atoms with van der Waals surface area (Å²) in [7, 11) is 1.50. The lowest BCUT2D eigenvalue weighted by Gasteiger charge is -2.19. The molecule has 0 saturated carbocycles. The third-order valence-corrected chi connectivity index (χ3v) is 6.13. The minimum atomic E-state index is -0.926. The van der Waals surface area contributed by atoms with Gasteiger partial charge in [-0.1, -0.05) is 45.0 Å². The Kier molecular flexibility index (Phi) is 10.1. The first kappa shape index (κ1) is 29.2. The van der Waals surface area contributed by atoms with E-state index in [1.807, 2.05) is 45.0 Å². The highest BCUT2D eigenvalue weighted by Crippen LogP contribution is 2.27. The molecule has 3 aromatic rings. The molecule has 0 aliphatic rings. The number of methoxy groups -OCH3 is 1. The number of hydrogen-bond donors (Lipinski definition) is 4. The van der Waals surface area contributed by atoms with E-state index in [1.165, 1.54) is 7.11 Å². The van der Waals surface area contributed by atoms with Crippen molar-refractivity contribution in [1.82, 2.24) is 10.3 Å². The third-order valence-electron chi connectivity index (χ3n) is 6.13. The number of aryl methyl sites for hydroxylation is 1. The van der Waals surface area contributed by atoms with Gasteiger partial charge in [0, 0.05) is 12.1 Å². The Labute approximate surface area is 228 Å². The number of para-hydroxylation sites is 1. The number of nitrogens with zero attached hydrogens (tertiary/aromatic N) is 1. The van der Waals surface area contributed by atoms with Crippen LogP contribution in [-0.2, 0) is 22.4 Å². The molecule has 0 fully saturated rings. The highest BCUT2D eigenvalue weighted by molar-refractivity contribution is 6.01. The summed E-state index contributed by atoms with van der Waals surface area (Å²) in [6, 6.07) is 11.8. The van der Waals surface area contributed by atoms with Crippen molar-refractivity contribution in [3.8, 4) is 5.75 Å². The molecule has 0 aliphatic carbocycles. The van der Waals surface area contributed by atoms with E-state index < -0.39 is 24.0 Å². The smallest absolute Gasteiger partial charge is 0.323 e. The van der Waals surface area contributed by atoms with E-state index in [9.17, 15) is 14.4 Å². The molecule has 0 bridgehead atoms. The van der Waals surface area contributed by atoms with Gasteiger partial charge in [0.15, 0.2) is 5.89 Å². The van der Waals surface area contributed by atoms with E-state index in [0.717, 1.165) is 5.56 Å². The summed E-state index contributed by atoms with van der Waals surface area (Å²) in [6.45, 7) is 7.57. The Balaban J connectivity index is 1.65. The maximum absolute atomic E-state index is 13.0. The quantitative estimate of drug-likeness (QED) is 0.244. The van der Waals surface area contributed by atoms with Crippen LogP contribution in [0.25, 0.3) is 0 Å². The van der Waals surface area contributed by atoms with E-state index >= 15 is 0 Å². The maximum atomic E-state index is 13.0. The Morgan fingerprint density at radius 1 is 1.05 bits per heavy atom. The summed E-state index contributed by atoms with van der Waals surface area (Å²) >= 11 is 0. The normalized spacial score (nSPS) is 12.5. The zero-order chi connectivity index (χ0) is 28.5. The molecule has 10 nitrogen and oxygen atoms in total. The van der Waals surface area contributed by atoms with Crippen LogP contribution in [-0.4, -0.2) is 35.1 Å². The van der Waals surface area contributed by atoms with Crippen LogP contribution < -0.4 is 20.7 Å². The Morgan fingerprint density at radius 2 is 1.77 bits per heavy atom. The Bertz CT molecular complexity index is 1300. The van der Waals surface area contributed by atoms with Gasteiger partial charge in [-0.3, -0.25) is 9.59 Å². The van der Waals surface area contributed by atoms with Crippen LogP contribution in [0.1, 0.15) is 56.0 Å². The van der Waals surface area contributed by atoms with Crippen LogP contribution in [0.4, 0.5) is 16.2 Å². The monoisotopic (exact) mass is 536 g/mol. The molecule has 0 radical (unpaired) electrons. The van der Waals surface area contributed by atoms with Crippen molar-refractivity contribution in [2.45, 2.75) is 53.0 Å². The van der Waals surface area contributed by atoms with Crippen molar-refractivity contribution >= 4 is 29.3 Å². The Morgan fingerprint density at radius 3 is 2.44 bits per heavy atom. The molecule has 1 heterocycles. The zero-order valence-electron chi connectivity index (χ0n) is 22.9. The number of hydrogen-bond acceptors (Lipinski definition) is 6. The van der Waals surface area contributed by atoms with Crippen molar-refractivity contribution in [1.29, 1.82) is 0 Å². The fraction of sp³-hybridized carbons (Fsp3) is 0.379. The predicted molar refractivity (Wildman–Crippen MR) is 148 cm³/mol. The second kappa shape index (κ2) is 13.5. The van der Waals surface area contributed by atoms with Crippen LogP contribution in [0.2, 0.25) is 0 Å². The number of nitrogens with one attached hydrogen (secondary N) is 3. The number of carbonyl (C=O) groups is 3. The molecule has 10 heteroatoms. The van der Waals surface area contributed by atoms with Gasteiger partial charge in [0.2, 0.25) is 5.91 Å². The minimum Gasteiger partial charge on any atom is -0.495 e. The lowest BCUT2D eigenvalue weighted by atomic mass is 10.0. The van der Waals surface area contributed by atoms with Gasteiger partial charge in [0.1, 0.15) is 11.5 Å². The second-order valence-corrected chi connectivity index (χ2v) is 9.95. The van der Waals surface area contributed by atoms with Crippen molar-refractivity contribution < 1.29 is 28.6 Å². The largest absolute Gasteiger partial charge is 0.495 e. The molecular formula is C29H36N4O6. The fourth-order valence-corrected chi connectivity index (χ4v) is 4.02. The third kappa shape index (κ3) is 8.59. The van der Waals surface area contributed by atoms with E-state index in [1.54, 1.807) is 31.3 Å². The number of aliphatic carboxylic acids is 1. The minimum absolute atomic E-state index is 0.0810. The van der Waals surface area contributed by atoms with Gasteiger partial charge in [-0.05, 0) is 48.6 Å². The van der Waals surface area contributed by atoms with E-state index in [2.05, 4.69) is 20.9 Å². The number of amides is 3. The van der Waals surface area contributed by atoms with Gasteiger partial charge < -0.3 is 30.2 Å². The molecule has 2 aromatic carbocycles. The molecule has 3 amide bonds. The fourth-order valence-electron chi connectivity index (χ4n) is 4.02. The number of ether oxygens (including phenoxy) is 1. The van der Waals surface area contributed by atoms with E-state index in [0.29, 0.717) is 40.8 Å². The van der Waals surface area contributed by atoms with Crippen molar-refractivity contribution in [2.24, 2.45) is 11.8 Å². The first-order chi connectivity index (χ1) is 18.5. The first-order valence-electron chi connectivity index (χ1n) is 12.8. The lowest BCUT2D eigenvalue weighted by Crippen LogP contribution is -2.30. The SMILES string of the molecule is COc1cc(CC(=O)NC(CC(C)C)c2cnc(CC(C)C(=O)O)o2)ccc1NC(=O)Nc1ccccc1C. The number of anilines is 2. The van der Waals surface area contributed by atoms with Crippen molar-refractivity contribution in [3.63, 3.8) is 0 Å². The van der Waals surface area contributed by atoms with E-state index in [-0.39, 0.29) is 24.7 Å². The molecule has 0 aliphatic heterocycles. The highest BCUT2D eigenvalue weighted by Gasteiger charge is 2.23. The topological polar surface area (TPSA) is 143 Å². The molecule has 208 valence electrons. The van der Waals surface area contributed by atoms with Gasteiger partial charge in [0.25, 0.3) is 0 Å². The summed E-state index contributed by atoms with van der Waals surface area (Å²) in [5.41, 5.74) is 2.81. The van der Waals surface area contributed by atoms with Crippen LogP contribution in [0.15, 0.2) is 53.1 Å². The van der Waals surface area contributed by atoms with Gasteiger partial charge in [-0.25, -0.2) is 9.78 Å². The highest BCUT2D eigenvalue weighted by atomic mass is 16.5. The summed E-state index contributed by atoms with van der Waals surface area (Å²) in [5, 5.41) is 17.8. The number of aromatic nitrogens is 1. The maximum Gasteiger partial charge on any atom is 0.323 e. The summed E-state index contributed by atoms with van der Waals surface area (Å²) in [6.07, 6.45) is 2.41. The Hall–Kier alpha value is -4.34. The summed E-state index contributed by atoms with van der Waals surface area (Å²) < 4.78 is 11.3. The second-order valence-electron chi connectivity index (χ2n) is 9.95. The van der Waals surface area contributed by atoms with Crippen molar-refractivity contribution in [2.75, 3.05) is 17.7 Å². The van der Waals surface area contributed by atoms with Crippen molar-refractivity contribution in [3.05, 3.63) is 71.4 Å². The number of oxazole rings is 1. The van der Waals surface area contributed by atoms with Crippen LogP contribution in [0, 0.1) is 18.8 Å². The number of rotatable bonds is 12. The molecule has 4 N–H and O–H groups in total. The van der Waals surface area contributed by atoms with Crippen LogP contribution in [0.3, 0.4) is 0 Å². The first-order valence-corrected chi connectivity index (χ1v) is 12.8. The molecule has 0 saturated heterocycles. The molecule has 3 rings (SSSR count). The predicted octanol–water partition coefficient (Wildman–Crippen LogP) is 5.34. The molecule has 39 heavy (non-hydrogen) atoms. The molecule has 1 aromatic heterocycles. The number of urea groups is 1. The average molecular weight is 537 g/mol. The van der Waals surface area contributed by atoms with Gasteiger partial charge in [0.05, 0.1) is 37.4 Å².